The van der Waals surface area contributed by atoms with Gasteiger partial charge in [0.25, 0.3) is 5.91 Å². The first-order valence-electron chi connectivity index (χ1n) is 7.50. The van der Waals surface area contributed by atoms with Crippen molar-refractivity contribution >= 4 is 23.2 Å². The molecule has 0 aliphatic heterocycles. The van der Waals surface area contributed by atoms with Crippen LogP contribution in [-0.4, -0.2) is 25.7 Å². The van der Waals surface area contributed by atoms with Gasteiger partial charge in [0, 0.05) is 30.7 Å². The van der Waals surface area contributed by atoms with Crippen molar-refractivity contribution in [3.63, 3.8) is 0 Å². The van der Waals surface area contributed by atoms with Crippen molar-refractivity contribution in [3.8, 4) is 0 Å². The largest absolute Gasteiger partial charge is 0.324 e. The third-order valence-electron chi connectivity index (χ3n) is 3.69. The first-order chi connectivity index (χ1) is 11.5. The molecule has 3 rings (SSSR count). The number of carbonyl (C=O) groups excluding carboxylic acids is 1. The number of amides is 1. The number of hydrogen-bond acceptors (Lipinski definition) is 5. The molecular formula is C17H18N6O. The van der Waals surface area contributed by atoms with Crippen LogP contribution >= 0.6 is 0 Å². The van der Waals surface area contributed by atoms with Gasteiger partial charge in [-0.2, -0.15) is 5.10 Å². The van der Waals surface area contributed by atoms with E-state index in [9.17, 15) is 4.79 Å². The fourth-order valence-electron chi connectivity index (χ4n) is 2.37. The van der Waals surface area contributed by atoms with Gasteiger partial charge < -0.3 is 10.6 Å². The lowest BCUT2D eigenvalue weighted by molar-refractivity contribution is 0.102. The van der Waals surface area contributed by atoms with Crippen LogP contribution in [0.2, 0.25) is 0 Å². The summed E-state index contributed by atoms with van der Waals surface area (Å²) in [5.41, 5.74) is 3.72. The standard InChI is InChI=1S/C17H18N6O/c1-11-15(12(2)23(3)22-11)21-16(24)13-6-4-7-14(10-13)20-17-18-8-5-9-19-17/h4-10H,1-3H3,(H,21,24)(H,18,19,20). The van der Waals surface area contributed by atoms with Gasteiger partial charge in [-0.25, -0.2) is 9.97 Å². The Hall–Kier alpha value is -3.22. The minimum absolute atomic E-state index is 0.188. The molecule has 7 heteroatoms. The quantitative estimate of drug-likeness (QED) is 0.771. The van der Waals surface area contributed by atoms with Crippen LogP contribution in [0.5, 0.6) is 0 Å². The zero-order valence-corrected chi connectivity index (χ0v) is 13.7. The van der Waals surface area contributed by atoms with E-state index in [1.165, 1.54) is 0 Å². The summed E-state index contributed by atoms with van der Waals surface area (Å²) < 4.78 is 1.75. The van der Waals surface area contributed by atoms with Gasteiger partial charge in [-0.1, -0.05) is 6.07 Å². The molecule has 2 aromatic heterocycles. The molecule has 0 spiro atoms. The lowest BCUT2D eigenvalue weighted by Crippen LogP contribution is -2.13. The zero-order valence-electron chi connectivity index (χ0n) is 13.7. The minimum Gasteiger partial charge on any atom is -0.324 e. The van der Waals surface area contributed by atoms with E-state index in [-0.39, 0.29) is 5.91 Å². The molecule has 0 aliphatic rings. The Morgan fingerprint density at radius 3 is 2.54 bits per heavy atom. The molecule has 0 fully saturated rings. The highest BCUT2D eigenvalue weighted by molar-refractivity contribution is 6.05. The van der Waals surface area contributed by atoms with E-state index < -0.39 is 0 Å². The van der Waals surface area contributed by atoms with Crippen molar-refractivity contribution < 1.29 is 4.79 Å². The summed E-state index contributed by atoms with van der Waals surface area (Å²) in [7, 11) is 1.85. The highest BCUT2D eigenvalue weighted by atomic mass is 16.1. The molecular weight excluding hydrogens is 304 g/mol. The van der Waals surface area contributed by atoms with Gasteiger partial charge in [-0.3, -0.25) is 9.48 Å². The molecule has 1 amide bonds. The summed E-state index contributed by atoms with van der Waals surface area (Å²) in [4.78, 5) is 20.7. The number of anilines is 3. The maximum Gasteiger partial charge on any atom is 0.255 e. The molecule has 2 N–H and O–H groups in total. The van der Waals surface area contributed by atoms with E-state index in [2.05, 4.69) is 25.7 Å². The molecule has 7 nitrogen and oxygen atoms in total. The number of carbonyl (C=O) groups is 1. The molecule has 122 valence electrons. The van der Waals surface area contributed by atoms with E-state index in [0.29, 0.717) is 11.5 Å². The summed E-state index contributed by atoms with van der Waals surface area (Å²) in [6, 6.07) is 8.92. The number of benzene rings is 1. The third-order valence-corrected chi connectivity index (χ3v) is 3.69. The molecule has 0 aliphatic carbocycles. The summed E-state index contributed by atoms with van der Waals surface area (Å²) in [6.45, 7) is 3.79. The Balaban J connectivity index is 1.79. The van der Waals surface area contributed by atoms with Gasteiger partial charge in [0.05, 0.1) is 17.1 Å². The van der Waals surface area contributed by atoms with Crippen LogP contribution in [0, 0.1) is 13.8 Å². The maximum atomic E-state index is 12.5. The van der Waals surface area contributed by atoms with E-state index in [1.54, 1.807) is 35.3 Å². The van der Waals surface area contributed by atoms with Gasteiger partial charge in [0.15, 0.2) is 0 Å². The average Bonchev–Trinajstić information content (AvgIpc) is 2.82. The highest BCUT2D eigenvalue weighted by Crippen LogP contribution is 2.20. The number of nitrogens with zero attached hydrogens (tertiary/aromatic N) is 4. The monoisotopic (exact) mass is 322 g/mol. The van der Waals surface area contributed by atoms with Gasteiger partial charge >= 0.3 is 0 Å². The maximum absolute atomic E-state index is 12.5. The highest BCUT2D eigenvalue weighted by Gasteiger charge is 2.14. The first-order valence-corrected chi connectivity index (χ1v) is 7.50. The van der Waals surface area contributed by atoms with Crippen molar-refractivity contribution in [1.29, 1.82) is 0 Å². The number of hydrogen-bond donors (Lipinski definition) is 2. The van der Waals surface area contributed by atoms with E-state index in [1.807, 2.05) is 33.0 Å². The van der Waals surface area contributed by atoms with Crippen molar-refractivity contribution in [2.75, 3.05) is 10.6 Å². The zero-order chi connectivity index (χ0) is 17.1. The Kier molecular flexibility index (Phi) is 4.24. The molecule has 0 atom stereocenters. The van der Waals surface area contributed by atoms with Crippen molar-refractivity contribution in [2.45, 2.75) is 13.8 Å². The summed E-state index contributed by atoms with van der Waals surface area (Å²) in [5, 5.41) is 10.3. The molecule has 24 heavy (non-hydrogen) atoms. The van der Waals surface area contributed by atoms with Crippen LogP contribution in [0.25, 0.3) is 0 Å². The first kappa shape index (κ1) is 15.7. The van der Waals surface area contributed by atoms with Crippen LogP contribution in [-0.2, 0) is 7.05 Å². The van der Waals surface area contributed by atoms with Gasteiger partial charge in [-0.05, 0) is 38.1 Å². The van der Waals surface area contributed by atoms with Gasteiger partial charge in [0.2, 0.25) is 5.95 Å². The molecule has 0 bridgehead atoms. The number of aromatic nitrogens is 4. The van der Waals surface area contributed by atoms with Crippen LogP contribution in [0.3, 0.4) is 0 Å². The lowest BCUT2D eigenvalue weighted by atomic mass is 10.1. The smallest absolute Gasteiger partial charge is 0.255 e. The van der Waals surface area contributed by atoms with Crippen LogP contribution in [0.1, 0.15) is 21.7 Å². The second kappa shape index (κ2) is 6.49. The second-order valence-corrected chi connectivity index (χ2v) is 5.40. The Morgan fingerprint density at radius 1 is 1.12 bits per heavy atom. The molecule has 0 saturated heterocycles. The van der Waals surface area contributed by atoms with Crippen LogP contribution < -0.4 is 10.6 Å². The Morgan fingerprint density at radius 2 is 1.88 bits per heavy atom. The van der Waals surface area contributed by atoms with Gasteiger partial charge in [-0.15, -0.1) is 0 Å². The number of aryl methyl sites for hydroxylation is 2. The predicted molar refractivity (Wildman–Crippen MR) is 92.4 cm³/mol. The number of nitrogens with one attached hydrogen (secondary N) is 2. The molecule has 2 heterocycles. The second-order valence-electron chi connectivity index (χ2n) is 5.40. The fraction of sp³-hybridized carbons (Fsp3) is 0.176. The SMILES string of the molecule is Cc1nn(C)c(C)c1NC(=O)c1cccc(Nc2ncccn2)c1. The Labute approximate surface area is 139 Å². The molecule has 0 unspecified atom stereocenters. The lowest BCUT2D eigenvalue weighted by Gasteiger charge is -2.08. The predicted octanol–water partition coefficient (Wildman–Crippen LogP) is 2.82. The van der Waals surface area contributed by atoms with Crippen LogP contribution in [0.15, 0.2) is 42.7 Å². The van der Waals surface area contributed by atoms with Crippen molar-refractivity contribution in [1.82, 2.24) is 19.7 Å². The summed E-state index contributed by atoms with van der Waals surface area (Å²) >= 11 is 0. The third kappa shape index (κ3) is 3.24. The molecule has 1 aromatic carbocycles. The van der Waals surface area contributed by atoms with E-state index in [4.69, 9.17) is 0 Å². The van der Waals surface area contributed by atoms with Crippen molar-refractivity contribution in [3.05, 3.63) is 59.7 Å². The van der Waals surface area contributed by atoms with E-state index >= 15 is 0 Å². The average molecular weight is 322 g/mol. The van der Waals surface area contributed by atoms with Crippen molar-refractivity contribution in [2.24, 2.45) is 7.05 Å². The van der Waals surface area contributed by atoms with Gasteiger partial charge in [0.1, 0.15) is 0 Å². The van der Waals surface area contributed by atoms with E-state index in [0.717, 1.165) is 22.8 Å². The number of rotatable bonds is 4. The topological polar surface area (TPSA) is 84.7 Å². The fourth-order valence-corrected chi connectivity index (χ4v) is 2.37. The normalized spacial score (nSPS) is 10.5. The van der Waals surface area contributed by atoms with Crippen LogP contribution in [0.4, 0.5) is 17.3 Å². The molecule has 0 radical (unpaired) electrons. The summed E-state index contributed by atoms with van der Waals surface area (Å²) in [5.74, 6) is 0.292. The minimum atomic E-state index is -0.188. The molecule has 3 aromatic rings. The summed E-state index contributed by atoms with van der Waals surface area (Å²) in [6.07, 6.45) is 3.31. The molecule has 0 saturated carbocycles. The Bertz CT molecular complexity index is 872.